The van der Waals surface area contributed by atoms with Gasteiger partial charge in [0.25, 0.3) is 5.91 Å². The summed E-state index contributed by atoms with van der Waals surface area (Å²) in [6.07, 6.45) is 0.0357. The maximum Gasteiger partial charge on any atom is 0.340 e. The molecule has 1 aliphatic heterocycles. The first-order chi connectivity index (χ1) is 14.3. The van der Waals surface area contributed by atoms with E-state index in [1.165, 1.54) is 30.7 Å². The zero-order chi connectivity index (χ0) is 21.7. The Hall–Kier alpha value is -2.71. The molecular formula is C22H26N2O5S. The molecule has 0 saturated carbocycles. The summed E-state index contributed by atoms with van der Waals surface area (Å²) in [6, 6.07) is 16.0. The van der Waals surface area contributed by atoms with Crippen LogP contribution >= 0.6 is 0 Å². The maximum atomic E-state index is 12.7. The van der Waals surface area contributed by atoms with Gasteiger partial charge in [-0.2, -0.15) is 0 Å². The van der Waals surface area contributed by atoms with Gasteiger partial charge in [0.2, 0.25) is 0 Å². The van der Waals surface area contributed by atoms with Crippen LogP contribution in [0.1, 0.15) is 22.8 Å². The van der Waals surface area contributed by atoms with Gasteiger partial charge >= 0.3 is 5.97 Å². The number of benzene rings is 2. The molecule has 0 N–H and O–H groups in total. The lowest BCUT2D eigenvalue weighted by Crippen LogP contribution is -2.51. The Balaban J connectivity index is 1.56. The molecule has 8 heteroatoms. The van der Waals surface area contributed by atoms with E-state index in [1.54, 1.807) is 11.0 Å². The van der Waals surface area contributed by atoms with E-state index in [0.717, 1.165) is 25.9 Å². The normalized spacial score (nSPS) is 16.1. The summed E-state index contributed by atoms with van der Waals surface area (Å²) in [5.41, 5.74) is 1.16. The van der Waals surface area contributed by atoms with Gasteiger partial charge in [-0.1, -0.05) is 42.5 Å². The van der Waals surface area contributed by atoms with E-state index in [2.05, 4.69) is 17.0 Å². The van der Waals surface area contributed by atoms with E-state index >= 15 is 0 Å². The number of nitrogens with zero attached hydrogens (tertiary/aromatic N) is 2. The Kier molecular flexibility index (Phi) is 6.89. The van der Waals surface area contributed by atoms with Crippen molar-refractivity contribution in [2.75, 3.05) is 32.4 Å². The minimum absolute atomic E-state index is 0.0627. The summed E-state index contributed by atoms with van der Waals surface area (Å²) < 4.78 is 29.1. The highest BCUT2D eigenvalue weighted by atomic mass is 32.2. The molecule has 0 spiro atoms. The smallest absolute Gasteiger partial charge is 0.340 e. The summed E-state index contributed by atoms with van der Waals surface area (Å²) >= 11 is 0. The predicted molar refractivity (Wildman–Crippen MR) is 113 cm³/mol. The summed E-state index contributed by atoms with van der Waals surface area (Å²) in [7, 11) is -3.59. The van der Waals surface area contributed by atoms with Crippen LogP contribution in [0.3, 0.4) is 0 Å². The molecule has 7 nitrogen and oxygen atoms in total. The van der Waals surface area contributed by atoms with Crippen molar-refractivity contribution < 1.29 is 22.7 Å². The zero-order valence-corrected chi connectivity index (χ0v) is 18.0. The summed E-state index contributed by atoms with van der Waals surface area (Å²) in [4.78, 5) is 29.1. The quantitative estimate of drug-likeness (QED) is 0.652. The standard InChI is InChI=1S/C22H26N2O5S/c1-17(29-22(26)19-10-6-7-11-20(19)30(2,27)28)21(25)24-14-12-23(13-15-24)16-18-8-4-3-5-9-18/h3-11,17H,12-16H2,1-2H3. The second kappa shape index (κ2) is 9.40. The molecule has 0 bridgehead atoms. The third-order valence-corrected chi connectivity index (χ3v) is 6.23. The van der Waals surface area contributed by atoms with E-state index in [1.807, 2.05) is 18.2 Å². The molecule has 3 rings (SSSR count). The molecule has 0 aromatic heterocycles. The van der Waals surface area contributed by atoms with Gasteiger partial charge in [-0.25, -0.2) is 13.2 Å². The van der Waals surface area contributed by atoms with Crippen LogP contribution < -0.4 is 0 Å². The van der Waals surface area contributed by atoms with Gasteiger partial charge in [-0.05, 0) is 24.6 Å². The van der Waals surface area contributed by atoms with Gasteiger partial charge in [0.1, 0.15) is 0 Å². The number of esters is 1. The number of piperazine rings is 1. The molecule has 30 heavy (non-hydrogen) atoms. The number of carbonyl (C=O) groups excluding carboxylic acids is 2. The van der Waals surface area contributed by atoms with Crippen LogP contribution in [-0.4, -0.2) is 68.6 Å². The molecule has 2 aromatic carbocycles. The fourth-order valence-corrected chi connectivity index (χ4v) is 4.33. The van der Waals surface area contributed by atoms with E-state index in [0.29, 0.717) is 13.1 Å². The van der Waals surface area contributed by atoms with Crippen molar-refractivity contribution in [2.24, 2.45) is 0 Å². The third kappa shape index (κ3) is 5.46. The molecule has 1 saturated heterocycles. The lowest BCUT2D eigenvalue weighted by molar-refractivity contribution is -0.141. The number of hydrogen-bond acceptors (Lipinski definition) is 6. The van der Waals surface area contributed by atoms with Crippen LogP contribution in [0.15, 0.2) is 59.5 Å². The van der Waals surface area contributed by atoms with Gasteiger partial charge in [-0.15, -0.1) is 0 Å². The van der Waals surface area contributed by atoms with Crippen molar-refractivity contribution >= 4 is 21.7 Å². The number of rotatable bonds is 6. The van der Waals surface area contributed by atoms with Crippen LogP contribution in [0.25, 0.3) is 0 Å². The van der Waals surface area contributed by atoms with Crippen LogP contribution in [0.5, 0.6) is 0 Å². The first kappa shape index (κ1) is 22.0. The Bertz CT molecular complexity index is 999. The van der Waals surface area contributed by atoms with E-state index in [9.17, 15) is 18.0 Å². The van der Waals surface area contributed by atoms with Crippen molar-refractivity contribution in [1.82, 2.24) is 9.80 Å². The van der Waals surface area contributed by atoms with Gasteiger partial charge in [0.05, 0.1) is 10.5 Å². The highest BCUT2D eigenvalue weighted by Crippen LogP contribution is 2.18. The predicted octanol–water partition coefficient (Wildman–Crippen LogP) is 1.98. The SMILES string of the molecule is CC(OC(=O)c1ccccc1S(C)(=O)=O)C(=O)N1CCN(Cc2ccccc2)CC1. The molecule has 0 aliphatic carbocycles. The number of carbonyl (C=O) groups is 2. The van der Waals surface area contributed by atoms with Crippen molar-refractivity contribution in [3.8, 4) is 0 Å². The molecule has 1 unspecified atom stereocenters. The molecule has 2 aromatic rings. The number of hydrogen-bond donors (Lipinski definition) is 0. The van der Waals surface area contributed by atoms with Crippen LogP contribution in [0, 0.1) is 0 Å². The summed E-state index contributed by atoms with van der Waals surface area (Å²) in [6.45, 7) is 4.91. The molecule has 0 radical (unpaired) electrons. The van der Waals surface area contributed by atoms with Crippen molar-refractivity contribution in [3.63, 3.8) is 0 Å². The first-order valence-electron chi connectivity index (χ1n) is 9.81. The minimum atomic E-state index is -3.59. The van der Waals surface area contributed by atoms with Crippen molar-refractivity contribution in [3.05, 3.63) is 65.7 Å². The Morgan fingerprint density at radius 3 is 2.20 bits per heavy atom. The number of ether oxygens (including phenoxy) is 1. The Labute approximate surface area is 177 Å². The average Bonchev–Trinajstić information content (AvgIpc) is 2.74. The molecule has 1 fully saturated rings. The Morgan fingerprint density at radius 2 is 1.57 bits per heavy atom. The second-order valence-electron chi connectivity index (χ2n) is 7.40. The monoisotopic (exact) mass is 430 g/mol. The summed E-state index contributed by atoms with van der Waals surface area (Å²) in [5.74, 6) is -1.10. The van der Waals surface area contributed by atoms with Crippen LogP contribution in [0.4, 0.5) is 0 Å². The molecule has 1 atom stereocenters. The van der Waals surface area contributed by atoms with Gasteiger partial charge in [0, 0.05) is 39.0 Å². The van der Waals surface area contributed by atoms with Crippen molar-refractivity contribution in [2.45, 2.75) is 24.5 Å². The average molecular weight is 431 g/mol. The summed E-state index contributed by atoms with van der Waals surface area (Å²) in [5, 5.41) is 0. The number of amides is 1. The lowest BCUT2D eigenvalue weighted by atomic mass is 10.2. The van der Waals surface area contributed by atoms with Gasteiger partial charge in [-0.3, -0.25) is 9.69 Å². The molecule has 1 amide bonds. The number of sulfone groups is 1. The van der Waals surface area contributed by atoms with Gasteiger partial charge < -0.3 is 9.64 Å². The highest BCUT2D eigenvalue weighted by molar-refractivity contribution is 7.90. The first-order valence-corrected chi connectivity index (χ1v) is 11.7. The van der Waals surface area contributed by atoms with Crippen molar-refractivity contribution in [1.29, 1.82) is 0 Å². The fraction of sp³-hybridized carbons (Fsp3) is 0.364. The lowest BCUT2D eigenvalue weighted by Gasteiger charge is -2.35. The second-order valence-corrected chi connectivity index (χ2v) is 9.39. The van der Waals surface area contributed by atoms with E-state index in [-0.39, 0.29) is 16.4 Å². The topological polar surface area (TPSA) is 84.0 Å². The highest BCUT2D eigenvalue weighted by Gasteiger charge is 2.29. The largest absolute Gasteiger partial charge is 0.449 e. The van der Waals surface area contributed by atoms with E-state index < -0.39 is 21.9 Å². The third-order valence-electron chi connectivity index (χ3n) is 5.07. The van der Waals surface area contributed by atoms with E-state index in [4.69, 9.17) is 4.74 Å². The molecule has 1 heterocycles. The minimum Gasteiger partial charge on any atom is -0.449 e. The molecule has 1 aliphatic rings. The maximum absolute atomic E-state index is 12.7. The fourth-order valence-electron chi connectivity index (χ4n) is 3.46. The van der Waals surface area contributed by atoms with Crippen LogP contribution in [-0.2, 0) is 25.9 Å². The molecule has 160 valence electrons. The van der Waals surface area contributed by atoms with Crippen LogP contribution in [0.2, 0.25) is 0 Å². The van der Waals surface area contributed by atoms with Gasteiger partial charge in [0.15, 0.2) is 15.9 Å². The Morgan fingerprint density at radius 1 is 0.967 bits per heavy atom. The molecular weight excluding hydrogens is 404 g/mol. The zero-order valence-electron chi connectivity index (χ0n) is 17.2.